The van der Waals surface area contributed by atoms with Gasteiger partial charge in [-0.1, -0.05) is 0 Å². The summed E-state index contributed by atoms with van der Waals surface area (Å²) in [6.45, 7) is 2.97. The van der Waals surface area contributed by atoms with Crippen molar-refractivity contribution in [2.75, 3.05) is 17.6 Å². The molecule has 0 bridgehead atoms. The minimum absolute atomic E-state index is 0.0308. The summed E-state index contributed by atoms with van der Waals surface area (Å²) in [5.74, 6) is -1.21. The van der Waals surface area contributed by atoms with Crippen molar-refractivity contribution < 1.29 is 9.18 Å². The van der Waals surface area contributed by atoms with Crippen LogP contribution in [0.5, 0.6) is 0 Å². The number of nitrogens with one attached hydrogen (secondary N) is 1. The highest BCUT2D eigenvalue weighted by molar-refractivity contribution is 5.99. The molecule has 0 aliphatic rings. The number of carbonyl (C=O) groups is 1. The Bertz CT molecular complexity index is 638. The third-order valence-corrected chi connectivity index (χ3v) is 2.82. The van der Waals surface area contributed by atoms with E-state index in [1.165, 1.54) is 6.07 Å². The second-order valence-electron chi connectivity index (χ2n) is 4.49. The number of carbonyl (C=O) groups excluding carboxylic acids is 1. The highest BCUT2D eigenvalue weighted by Gasteiger charge is 2.11. The fourth-order valence-corrected chi connectivity index (χ4v) is 1.83. The molecule has 7 heteroatoms. The number of aryl methyl sites for hydroxylation is 1. The van der Waals surface area contributed by atoms with Gasteiger partial charge in [-0.15, -0.1) is 0 Å². The molecule has 6 nitrogen and oxygen atoms in total. The largest absolute Gasteiger partial charge is 0.398 e. The summed E-state index contributed by atoms with van der Waals surface area (Å²) in [5.41, 5.74) is 12.1. The van der Waals surface area contributed by atoms with Gasteiger partial charge >= 0.3 is 0 Å². The molecule has 106 valence electrons. The van der Waals surface area contributed by atoms with Crippen LogP contribution < -0.4 is 16.8 Å². The zero-order valence-electron chi connectivity index (χ0n) is 11.1. The predicted molar refractivity (Wildman–Crippen MR) is 74.8 cm³/mol. The van der Waals surface area contributed by atoms with Crippen LogP contribution in [0.3, 0.4) is 0 Å². The lowest BCUT2D eigenvalue weighted by Gasteiger charge is -2.10. The number of halogens is 1. The zero-order valence-corrected chi connectivity index (χ0v) is 11.1. The molecule has 1 aromatic heterocycles. The van der Waals surface area contributed by atoms with Crippen LogP contribution in [0.25, 0.3) is 0 Å². The molecule has 0 radical (unpaired) electrons. The third-order valence-electron chi connectivity index (χ3n) is 2.82. The van der Waals surface area contributed by atoms with Gasteiger partial charge in [0.25, 0.3) is 5.91 Å². The van der Waals surface area contributed by atoms with Crippen molar-refractivity contribution in [3.8, 4) is 0 Å². The molecule has 0 saturated carbocycles. The van der Waals surface area contributed by atoms with E-state index in [2.05, 4.69) is 10.4 Å². The Morgan fingerprint density at radius 3 is 2.85 bits per heavy atom. The van der Waals surface area contributed by atoms with Crippen LogP contribution >= 0.6 is 0 Å². The molecule has 1 heterocycles. The van der Waals surface area contributed by atoms with Crippen molar-refractivity contribution in [1.82, 2.24) is 9.78 Å². The number of hydrogen-bond donors (Lipinski definition) is 3. The molecule has 0 fully saturated rings. The van der Waals surface area contributed by atoms with E-state index >= 15 is 0 Å². The Kier molecular flexibility index (Phi) is 3.88. The van der Waals surface area contributed by atoms with E-state index in [1.807, 2.05) is 13.1 Å². The number of nitrogen functional groups attached to an aromatic ring is 1. The normalized spacial score (nSPS) is 10.5. The van der Waals surface area contributed by atoms with Crippen molar-refractivity contribution in [1.29, 1.82) is 0 Å². The fraction of sp³-hybridized carbons (Fsp3) is 0.231. The Balaban J connectivity index is 2.05. The standard InChI is InChI=1S/C13H16FN5O/c1-8-6-18-19(7-8)3-2-17-12-4-9(13(16)20)11(15)5-10(12)14/h4-7,17H,2-3,15H2,1H3,(H2,16,20). The third kappa shape index (κ3) is 3.05. The van der Waals surface area contributed by atoms with E-state index in [4.69, 9.17) is 11.5 Å². The van der Waals surface area contributed by atoms with E-state index in [0.717, 1.165) is 11.6 Å². The van der Waals surface area contributed by atoms with Crippen LogP contribution in [0.15, 0.2) is 24.5 Å². The first-order valence-corrected chi connectivity index (χ1v) is 6.09. The summed E-state index contributed by atoms with van der Waals surface area (Å²) in [6, 6.07) is 2.40. The highest BCUT2D eigenvalue weighted by atomic mass is 19.1. The molecular formula is C13H16FN5O. The van der Waals surface area contributed by atoms with Gasteiger partial charge in [0.05, 0.1) is 24.0 Å². The van der Waals surface area contributed by atoms with Gasteiger partial charge in [-0.25, -0.2) is 4.39 Å². The Morgan fingerprint density at radius 2 is 2.25 bits per heavy atom. The maximum Gasteiger partial charge on any atom is 0.250 e. The number of benzene rings is 1. The summed E-state index contributed by atoms with van der Waals surface area (Å²) in [5, 5.41) is 7.01. The fourth-order valence-electron chi connectivity index (χ4n) is 1.83. The molecule has 1 aromatic carbocycles. The van der Waals surface area contributed by atoms with Crippen molar-refractivity contribution >= 4 is 17.3 Å². The molecule has 2 aromatic rings. The predicted octanol–water partition coefficient (Wildman–Crippen LogP) is 1.12. The van der Waals surface area contributed by atoms with Crippen molar-refractivity contribution in [2.45, 2.75) is 13.5 Å². The van der Waals surface area contributed by atoms with Gasteiger partial charge in [0, 0.05) is 18.4 Å². The molecule has 0 spiro atoms. The first kappa shape index (κ1) is 13.9. The van der Waals surface area contributed by atoms with Gasteiger partial charge in [-0.2, -0.15) is 5.10 Å². The Morgan fingerprint density at radius 1 is 1.50 bits per heavy atom. The van der Waals surface area contributed by atoms with Gasteiger partial charge in [0.1, 0.15) is 5.82 Å². The SMILES string of the molecule is Cc1cnn(CCNc2cc(C(N)=O)c(N)cc2F)c1. The van der Waals surface area contributed by atoms with Gasteiger partial charge in [0.2, 0.25) is 0 Å². The van der Waals surface area contributed by atoms with Crippen LogP contribution in [-0.4, -0.2) is 22.2 Å². The molecule has 0 atom stereocenters. The first-order chi connectivity index (χ1) is 9.47. The summed E-state index contributed by atoms with van der Waals surface area (Å²) in [6.07, 6.45) is 3.63. The van der Waals surface area contributed by atoms with Gasteiger partial charge in [-0.3, -0.25) is 9.48 Å². The summed E-state index contributed by atoms with van der Waals surface area (Å²) in [7, 11) is 0. The summed E-state index contributed by atoms with van der Waals surface area (Å²) in [4.78, 5) is 11.2. The van der Waals surface area contributed by atoms with Crippen LogP contribution in [0.4, 0.5) is 15.8 Å². The lowest BCUT2D eigenvalue weighted by Crippen LogP contribution is -2.16. The molecule has 5 N–H and O–H groups in total. The number of nitrogens with zero attached hydrogens (tertiary/aromatic N) is 2. The van der Waals surface area contributed by atoms with E-state index < -0.39 is 11.7 Å². The first-order valence-electron chi connectivity index (χ1n) is 6.09. The number of amides is 1. The van der Waals surface area contributed by atoms with E-state index in [-0.39, 0.29) is 16.9 Å². The van der Waals surface area contributed by atoms with Gasteiger partial charge < -0.3 is 16.8 Å². The maximum atomic E-state index is 13.7. The number of hydrogen-bond acceptors (Lipinski definition) is 4. The van der Waals surface area contributed by atoms with Gasteiger partial charge in [0.15, 0.2) is 0 Å². The molecule has 0 unspecified atom stereocenters. The minimum Gasteiger partial charge on any atom is -0.398 e. The summed E-state index contributed by atoms with van der Waals surface area (Å²) >= 11 is 0. The lowest BCUT2D eigenvalue weighted by molar-refractivity contribution is 0.100. The molecule has 0 aliphatic carbocycles. The van der Waals surface area contributed by atoms with Crippen LogP contribution in [0.2, 0.25) is 0 Å². The average molecular weight is 277 g/mol. The Hall–Kier alpha value is -2.57. The van der Waals surface area contributed by atoms with E-state index in [1.54, 1.807) is 10.9 Å². The second kappa shape index (κ2) is 5.60. The topological polar surface area (TPSA) is 99.0 Å². The molecule has 2 rings (SSSR count). The number of rotatable bonds is 5. The molecule has 1 amide bonds. The minimum atomic E-state index is -0.687. The Labute approximate surface area is 115 Å². The number of aromatic nitrogens is 2. The smallest absolute Gasteiger partial charge is 0.250 e. The average Bonchev–Trinajstić information content (AvgIpc) is 2.77. The number of nitrogens with two attached hydrogens (primary N) is 2. The second-order valence-corrected chi connectivity index (χ2v) is 4.49. The van der Waals surface area contributed by atoms with Crippen molar-refractivity contribution in [2.24, 2.45) is 5.73 Å². The quantitative estimate of drug-likeness (QED) is 0.713. The van der Waals surface area contributed by atoms with Crippen molar-refractivity contribution in [3.63, 3.8) is 0 Å². The highest BCUT2D eigenvalue weighted by Crippen LogP contribution is 2.21. The molecule has 0 saturated heterocycles. The van der Waals surface area contributed by atoms with E-state index in [9.17, 15) is 9.18 Å². The van der Waals surface area contributed by atoms with Crippen molar-refractivity contribution in [3.05, 3.63) is 41.5 Å². The molecule has 20 heavy (non-hydrogen) atoms. The molecule has 0 aliphatic heterocycles. The van der Waals surface area contributed by atoms with Crippen LogP contribution in [0.1, 0.15) is 15.9 Å². The molecular weight excluding hydrogens is 261 g/mol. The lowest BCUT2D eigenvalue weighted by atomic mass is 10.1. The maximum absolute atomic E-state index is 13.7. The van der Waals surface area contributed by atoms with E-state index in [0.29, 0.717) is 13.1 Å². The number of primary amides is 1. The monoisotopic (exact) mass is 277 g/mol. The van der Waals surface area contributed by atoms with Crippen LogP contribution in [0, 0.1) is 12.7 Å². The summed E-state index contributed by atoms with van der Waals surface area (Å²) < 4.78 is 15.4. The van der Waals surface area contributed by atoms with Crippen LogP contribution in [-0.2, 0) is 6.54 Å². The van der Waals surface area contributed by atoms with Gasteiger partial charge in [-0.05, 0) is 24.6 Å². The zero-order chi connectivity index (χ0) is 14.7. The number of anilines is 2.